The average Bonchev–Trinajstić information content (AvgIpc) is 2.12. The van der Waals surface area contributed by atoms with Gasteiger partial charge in [-0.05, 0) is 11.8 Å². The van der Waals surface area contributed by atoms with Crippen LogP contribution in [0.15, 0.2) is 0 Å². The summed E-state index contributed by atoms with van der Waals surface area (Å²) in [5, 5.41) is 2.36. The Morgan fingerprint density at radius 3 is 2.19 bits per heavy atom. The molecule has 0 aliphatic rings. The van der Waals surface area contributed by atoms with E-state index in [1.807, 2.05) is 27.7 Å². The number of amides is 3. The molecule has 0 aromatic carbocycles. The van der Waals surface area contributed by atoms with Crippen molar-refractivity contribution in [2.75, 3.05) is 6.61 Å². The Morgan fingerprint density at radius 1 is 1.25 bits per heavy atom. The highest BCUT2D eigenvalue weighted by molar-refractivity contribution is 5.86. The largest absolute Gasteiger partial charge is 0.352 e. The van der Waals surface area contributed by atoms with Crippen LogP contribution in [0.3, 0.4) is 0 Å². The summed E-state index contributed by atoms with van der Waals surface area (Å²) in [4.78, 5) is 27.3. The molecule has 16 heavy (non-hydrogen) atoms. The van der Waals surface area contributed by atoms with Crippen LogP contribution < -0.4 is 16.5 Å². The topological polar surface area (TPSA) is 93.4 Å². The van der Waals surface area contributed by atoms with E-state index in [4.69, 9.17) is 10.6 Å². The van der Waals surface area contributed by atoms with Crippen molar-refractivity contribution in [3.8, 4) is 0 Å². The minimum Gasteiger partial charge on any atom is -0.352 e. The summed E-state index contributed by atoms with van der Waals surface area (Å²) >= 11 is 0. The first-order valence-corrected chi connectivity index (χ1v) is 5.32. The van der Waals surface area contributed by atoms with Crippen LogP contribution >= 0.6 is 0 Å². The SMILES string of the molecule is CC(C)CONC(=O)C(NC(N)=O)C(C)C. The summed E-state index contributed by atoms with van der Waals surface area (Å²) in [6, 6.07) is -1.40. The summed E-state index contributed by atoms with van der Waals surface area (Å²) in [7, 11) is 0. The first-order valence-electron chi connectivity index (χ1n) is 5.32. The number of nitrogens with two attached hydrogens (primary N) is 1. The minimum atomic E-state index is -0.724. The Labute approximate surface area is 95.9 Å². The first-order chi connectivity index (χ1) is 7.34. The zero-order valence-electron chi connectivity index (χ0n) is 10.2. The molecule has 6 heteroatoms. The fourth-order valence-electron chi connectivity index (χ4n) is 1.03. The van der Waals surface area contributed by atoms with Crippen LogP contribution in [0, 0.1) is 11.8 Å². The quantitative estimate of drug-likeness (QED) is 0.577. The zero-order valence-corrected chi connectivity index (χ0v) is 10.2. The molecule has 0 aliphatic heterocycles. The molecule has 3 amide bonds. The van der Waals surface area contributed by atoms with Crippen molar-refractivity contribution in [1.29, 1.82) is 0 Å². The highest BCUT2D eigenvalue weighted by Crippen LogP contribution is 2.01. The van der Waals surface area contributed by atoms with Crippen molar-refractivity contribution >= 4 is 11.9 Å². The van der Waals surface area contributed by atoms with Crippen molar-refractivity contribution in [2.24, 2.45) is 17.6 Å². The van der Waals surface area contributed by atoms with Gasteiger partial charge in [0.05, 0.1) is 6.61 Å². The highest BCUT2D eigenvalue weighted by Gasteiger charge is 2.23. The lowest BCUT2D eigenvalue weighted by molar-refractivity contribution is -0.137. The van der Waals surface area contributed by atoms with Gasteiger partial charge in [-0.15, -0.1) is 0 Å². The molecule has 0 aromatic rings. The summed E-state index contributed by atoms with van der Waals surface area (Å²) in [6.07, 6.45) is 0. The van der Waals surface area contributed by atoms with Crippen molar-refractivity contribution in [3.05, 3.63) is 0 Å². The van der Waals surface area contributed by atoms with Crippen molar-refractivity contribution < 1.29 is 14.4 Å². The lowest BCUT2D eigenvalue weighted by Crippen LogP contribution is -2.51. The molecule has 0 fully saturated rings. The third kappa shape index (κ3) is 6.23. The van der Waals surface area contributed by atoms with Crippen LogP contribution in [0.1, 0.15) is 27.7 Å². The van der Waals surface area contributed by atoms with Crippen molar-refractivity contribution in [2.45, 2.75) is 33.7 Å². The van der Waals surface area contributed by atoms with E-state index >= 15 is 0 Å². The molecular formula is C10H21N3O3. The molecule has 0 bridgehead atoms. The van der Waals surface area contributed by atoms with Gasteiger partial charge in [-0.3, -0.25) is 9.63 Å². The van der Waals surface area contributed by atoms with E-state index in [-0.39, 0.29) is 5.92 Å². The Morgan fingerprint density at radius 2 is 1.81 bits per heavy atom. The van der Waals surface area contributed by atoms with Crippen molar-refractivity contribution in [1.82, 2.24) is 10.8 Å². The van der Waals surface area contributed by atoms with E-state index in [0.29, 0.717) is 12.5 Å². The van der Waals surface area contributed by atoms with Gasteiger partial charge in [-0.2, -0.15) is 0 Å². The Hall–Kier alpha value is -1.30. The summed E-state index contributed by atoms with van der Waals surface area (Å²) in [5.41, 5.74) is 7.27. The third-order valence-electron chi connectivity index (χ3n) is 1.84. The van der Waals surface area contributed by atoms with Crippen LogP contribution in [-0.4, -0.2) is 24.6 Å². The van der Waals surface area contributed by atoms with Gasteiger partial charge in [-0.1, -0.05) is 27.7 Å². The van der Waals surface area contributed by atoms with Gasteiger partial charge in [0.15, 0.2) is 0 Å². The predicted molar refractivity (Wildman–Crippen MR) is 60.3 cm³/mol. The van der Waals surface area contributed by atoms with Gasteiger partial charge in [0.25, 0.3) is 5.91 Å². The number of nitrogens with one attached hydrogen (secondary N) is 2. The lowest BCUT2D eigenvalue weighted by atomic mass is 10.0. The smallest absolute Gasteiger partial charge is 0.312 e. The van der Waals surface area contributed by atoms with E-state index in [0.717, 1.165) is 0 Å². The number of hydroxylamine groups is 1. The maximum absolute atomic E-state index is 11.6. The van der Waals surface area contributed by atoms with E-state index in [1.165, 1.54) is 0 Å². The number of carbonyl (C=O) groups is 2. The maximum atomic E-state index is 11.6. The molecular weight excluding hydrogens is 210 g/mol. The van der Waals surface area contributed by atoms with Gasteiger partial charge < -0.3 is 11.1 Å². The molecule has 6 nitrogen and oxygen atoms in total. The number of carbonyl (C=O) groups excluding carboxylic acids is 2. The number of urea groups is 1. The maximum Gasteiger partial charge on any atom is 0.312 e. The molecule has 0 aromatic heterocycles. The highest BCUT2D eigenvalue weighted by atomic mass is 16.7. The van der Waals surface area contributed by atoms with Gasteiger partial charge in [0.1, 0.15) is 6.04 Å². The number of hydrogen-bond acceptors (Lipinski definition) is 3. The monoisotopic (exact) mass is 231 g/mol. The standard InChI is InChI=1S/C10H21N3O3/c1-6(2)5-16-13-9(14)8(7(3)4)12-10(11)15/h6-8H,5H2,1-4H3,(H,13,14)(H3,11,12,15). The second-order valence-corrected chi connectivity index (χ2v) is 4.40. The predicted octanol–water partition coefficient (Wildman–Crippen LogP) is 0.383. The minimum absolute atomic E-state index is 0.0600. The normalized spacial score (nSPS) is 12.6. The molecule has 0 heterocycles. The van der Waals surface area contributed by atoms with Crippen molar-refractivity contribution in [3.63, 3.8) is 0 Å². The zero-order chi connectivity index (χ0) is 12.7. The van der Waals surface area contributed by atoms with Gasteiger partial charge >= 0.3 is 6.03 Å². The molecule has 1 unspecified atom stereocenters. The molecule has 0 saturated carbocycles. The number of hydrogen-bond donors (Lipinski definition) is 3. The number of primary amides is 1. The molecule has 0 spiro atoms. The fraction of sp³-hybridized carbons (Fsp3) is 0.800. The lowest BCUT2D eigenvalue weighted by Gasteiger charge is -2.20. The number of rotatable bonds is 6. The van der Waals surface area contributed by atoms with Crippen LogP contribution in [-0.2, 0) is 9.63 Å². The third-order valence-corrected chi connectivity index (χ3v) is 1.84. The first kappa shape index (κ1) is 14.7. The summed E-state index contributed by atoms with van der Waals surface area (Å²) in [6.45, 7) is 7.97. The molecule has 0 rings (SSSR count). The molecule has 0 radical (unpaired) electrons. The Balaban J connectivity index is 4.12. The second kappa shape index (κ2) is 7.05. The second-order valence-electron chi connectivity index (χ2n) is 4.40. The molecule has 0 aliphatic carbocycles. The Bertz CT molecular complexity index is 241. The molecule has 94 valence electrons. The van der Waals surface area contributed by atoms with Gasteiger partial charge in [0.2, 0.25) is 0 Å². The molecule has 0 saturated heterocycles. The van der Waals surface area contributed by atoms with E-state index in [1.54, 1.807) is 0 Å². The molecule has 4 N–H and O–H groups in total. The van der Waals surface area contributed by atoms with Gasteiger partial charge in [-0.25, -0.2) is 10.3 Å². The van der Waals surface area contributed by atoms with Crippen LogP contribution in [0.25, 0.3) is 0 Å². The average molecular weight is 231 g/mol. The summed E-state index contributed by atoms with van der Waals surface area (Å²) in [5.74, 6) is -0.133. The van der Waals surface area contributed by atoms with Crippen LogP contribution in [0.4, 0.5) is 4.79 Å². The fourth-order valence-corrected chi connectivity index (χ4v) is 1.03. The summed E-state index contributed by atoms with van der Waals surface area (Å²) < 4.78 is 0. The van der Waals surface area contributed by atoms with Gasteiger partial charge in [0, 0.05) is 0 Å². The van der Waals surface area contributed by atoms with E-state index in [2.05, 4.69) is 10.8 Å². The van der Waals surface area contributed by atoms with Crippen LogP contribution in [0.2, 0.25) is 0 Å². The van der Waals surface area contributed by atoms with E-state index in [9.17, 15) is 9.59 Å². The molecule has 1 atom stereocenters. The Kier molecular flexibility index (Phi) is 6.48. The van der Waals surface area contributed by atoms with E-state index < -0.39 is 18.0 Å². The van der Waals surface area contributed by atoms with Crippen LogP contribution in [0.5, 0.6) is 0 Å².